The van der Waals surface area contributed by atoms with Crippen molar-refractivity contribution in [2.45, 2.75) is 6.54 Å². The van der Waals surface area contributed by atoms with Gasteiger partial charge in [-0.2, -0.15) is 0 Å². The van der Waals surface area contributed by atoms with Crippen molar-refractivity contribution in [2.24, 2.45) is 0 Å². The topological polar surface area (TPSA) is 56.3 Å². The summed E-state index contributed by atoms with van der Waals surface area (Å²) in [6.07, 6.45) is 2.22. The van der Waals surface area contributed by atoms with Crippen LogP contribution in [-0.2, 0) is 6.54 Å². The van der Waals surface area contributed by atoms with Gasteiger partial charge in [0.1, 0.15) is 0 Å². The molecule has 5 nitrogen and oxygen atoms in total. The number of hydrogen-bond acceptors (Lipinski definition) is 5. The lowest BCUT2D eigenvalue weighted by Crippen LogP contribution is -2.05. The van der Waals surface area contributed by atoms with E-state index >= 15 is 0 Å². The molecule has 0 aliphatic heterocycles. The van der Waals surface area contributed by atoms with E-state index in [1.807, 2.05) is 12.1 Å². The van der Waals surface area contributed by atoms with Crippen LogP contribution in [0.15, 0.2) is 29.0 Å². The van der Waals surface area contributed by atoms with Gasteiger partial charge in [0.15, 0.2) is 17.3 Å². The highest BCUT2D eigenvalue weighted by Gasteiger charge is 2.09. The number of nitrogens with one attached hydrogen (secondary N) is 1. The molecule has 1 aromatic heterocycles. The molecule has 0 unspecified atom stereocenters. The van der Waals surface area contributed by atoms with Gasteiger partial charge in [0, 0.05) is 11.0 Å². The molecule has 0 atom stereocenters. The highest BCUT2D eigenvalue weighted by atomic mass is 79.9. The first-order chi connectivity index (χ1) is 9.63. The van der Waals surface area contributed by atoms with Gasteiger partial charge in [-0.3, -0.25) is 0 Å². The number of nitrogens with zero attached hydrogens (tertiary/aromatic N) is 2. The molecule has 106 valence electrons. The summed E-state index contributed by atoms with van der Waals surface area (Å²) in [5, 5.41) is 3.00. The Hall–Kier alpha value is -1.89. The summed E-state index contributed by atoms with van der Waals surface area (Å²) in [4.78, 5) is 7.66. The van der Waals surface area contributed by atoms with Gasteiger partial charge in [0.05, 0.1) is 26.6 Å². The summed E-state index contributed by atoms with van der Waals surface area (Å²) in [7, 11) is 3.15. The van der Waals surface area contributed by atoms with E-state index in [0.717, 1.165) is 22.4 Å². The maximum Gasteiger partial charge on any atom is 0.223 e. The van der Waals surface area contributed by atoms with E-state index in [4.69, 9.17) is 9.47 Å². The number of methoxy groups -OCH3 is 2. The summed E-state index contributed by atoms with van der Waals surface area (Å²) in [6.45, 7) is 0.465. The van der Waals surface area contributed by atoms with Crippen molar-refractivity contribution in [3.8, 4) is 11.5 Å². The molecule has 2 rings (SSSR count). The van der Waals surface area contributed by atoms with E-state index in [2.05, 4.69) is 31.2 Å². The Morgan fingerprint density at radius 1 is 1.15 bits per heavy atom. The highest BCUT2D eigenvalue weighted by Crippen LogP contribution is 2.33. The molecule has 0 amide bonds. The van der Waals surface area contributed by atoms with Gasteiger partial charge >= 0.3 is 0 Å². The Morgan fingerprint density at radius 3 is 2.35 bits per heavy atom. The fourth-order valence-electron chi connectivity index (χ4n) is 1.61. The second-order valence-corrected chi connectivity index (χ2v) is 4.73. The van der Waals surface area contributed by atoms with Gasteiger partial charge < -0.3 is 14.8 Å². The van der Waals surface area contributed by atoms with E-state index in [0.29, 0.717) is 24.0 Å². The predicted octanol–water partition coefficient (Wildman–Crippen LogP) is 3.01. The smallest absolute Gasteiger partial charge is 0.223 e. The summed E-state index contributed by atoms with van der Waals surface area (Å²) >= 11 is 3.46. The molecule has 1 heterocycles. The zero-order valence-corrected chi connectivity index (χ0v) is 12.6. The largest absolute Gasteiger partial charge is 0.493 e. The fourth-order valence-corrected chi connectivity index (χ4v) is 2.07. The normalized spacial score (nSPS) is 10.2. The van der Waals surface area contributed by atoms with E-state index in [1.54, 1.807) is 14.2 Å². The van der Waals surface area contributed by atoms with Crippen LogP contribution in [0.1, 0.15) is 5.56 Å². The van der Waals surface area contributed by atoms with Crippen molar-refractivity contribution in [1.82, 2.24) is 9.97 Å². The van der Waals surface area contributed by atoms with Crippen LogP contribution >= 0.6 is 15.9 Å². The minimum Gasteiger partial charge on any atom is -0.493 e. The first-order valence-electron chi connectivity index (χ1n) is 5.76. The van der Waals surface area contributed by atoms with Crippen LogP contribution in [0.25, 0.3) is 0 Å². The molecule has 7 heteroatoms. The second kappa shape index (κ2) is 6.51. The molecular weight excluding hydrogens is 329 g/mol. The Kier molecular flexibility index (Phi) is 4.73. The van der Waals surface area contributed by atoms with Gasteiger partial charge in [-0.25, -0.2) is 14.4 Å². The Morgan fingerprint density at radius 2 is 1.75 bits per heavy atom. The molecular formula is C13H13BrFN3O2. The zero-order chi connectivity index (χ0) is 14.5. The van der Waals surface area contributed by atoms with Crippen LogP contribution in [0, 0.1) is 5.82 Å². The first-order valence-corrected chi connectivity index (χ1v) is 6.55. The van der Waals surface area contributed by atoms with E-state index in [9.17, 15) is 4.39 Å². The maximum atomic E-state index is 12.7. The third-order valence-electron chi connectivity index (χ3n) is 2.61. The Bertz CT molecular complexity index is 593. The molecule has 0 fully saturated rings. The average molecular weight is 342 g/mol. The lowest BCUT2D eigenvalue weighted by atomic mass is 10.2. The summed E-state index contributed by atoms with van der Waals surface area (Å²) in [5.41, 5.74) is 0.940. The van der Waals surface area contributed by atoms with Crippen LogP contribution in [0.3, 0.4) is 0 Å². The second-order valence-electron chi connectivity index (χ2n) is 3.88. The highest BCUT2D eigenvalue weighted by molar-refractivity contribution is 9.10. The molecule has 0 aliphatic rings. The standard InChI is InChI=1S/C13H13BrFN3O2/c1-19-11-3-8(10(14)4-12(11)20-2)5-16-13-17-6-9(15)7-18-13/h3-4,6-7H,5H2,1-2H3,(H,16,17,18). The molecule has 0 saturated carbocycles. The number of ether oxygens (including phenoxy) is 2. The number of halogens is 2. The third kappa shape index (κ3) is 3.36. The van der Waals surface area contributed by atoms with Gasteiger partial charge in [-0.15, -0.1) is 0 Å². The quantitative estimate of drug-likeness (QED) is 0.905. The van der Waals surface area contributed by atoms with Crippen molar-refractivity contribution < 1.29 is 13.9 Å². The van der Waals surface area contributed by atoms with Crippen LogP contribution in [0.5, 0.6) is 11.5 Å². The Balaban J connectivity index is 2.14. The number of anilines is 1. The molecule has 0 spiro atoms. The first kappa shape index (κ1) is 14.5. The van der Waals surface area contributed by atoms with Crippen molar-refractivity contribution in [3.63, 3.8) is 0 Å². The fraction of sp³-hybridized carbons (Fsp3) is 0.231. The lowest BCUT2D eigenvalue weighted by Gasteiger charge is -2.12. The SMILES string of the molecule is COc1cc(Br)c(CNc2ncc(F)cn2)cc1OC. The van der Waals surface area contributed by atoms with Gasteiger partial charge in [0.2, 0.25) is 5.95 Å². The zero-order valence-electron chi connectivity index (χ0n) is 11.0. The lowest BCUT2D eigenvalue weighted by molar-refractivity contribution is 0.354. The molecule has 0 bridgehead atoms. The minimum absolute atomic E-state index is 0.355. The van der Waals surface area contributed by atoms with E-state index in [-0.39, 0.29) is 0 Å². The van der Waals surface area contributed by atoms with E-state index < -0.39 is 5.82 Å². The minimum atomic E-state index is -0.470. The van der Waals surface area contributed by atoms with Gasteiger partial charge in [-0.05, 0) is 17.7 Å². The predicted molar refractivity (Wildman–Crippen MR) is 76.6 cm³/mol. The number of aromatic nitrogens is 2. The third-order valence-corrected chi connectivity index (χ3v) is 3.35. The van der Waals surface area contributed by atoms with Crippen molar-refractivity contribution in [3.05, 3.63) is 40.4 Å². The van der Waals surface area contributed by atoms with Gasteiger partial charge in [0.25, 0.3) is 0 Å². The Labute approximate surface area is 124 Å². The summed E-state index contributed by atoms with van der Waals surface area (Å²) in [5.74, 6) is 1.16. The number of benzene rings is 1. The molecule has 1 aromatic carbocycles. The van der Waals surface area contributed by atoms with Crippen molar-refractivity contribution in [2.75, 3.05) is 19.5 Å². The van der Waals surface area contributed by atoms with Crippen LogP contribution < -0.4 is 14.8 Å². The number of rotatable bonds is 5. The molecule has 20 heavy (non-hydrogen) atoms. The molecule has 0 aliphatic carbocycles. The van der Waals surface area contributed by atoms with Crippen LogP contribution in [0.2, 0.25) is 0 Å². The van der Waals surface area contributed by atoms with Crippen molar-refractivity contribution >= 4 is 21.9 Å². The molecule has 0 radical (unpaired) electrons. The van der Waals surface area contributed by atoms with Gasteiger partial charge in [-0.1, -0.05) is 15.9 Å². The van der Waals surface area contributed by atoms with Crippen LogP contribution in [-0.4, -0.2) is 24.2 Å². The summed E-state index contributed by atoms with van der Waals surface area (Å²) in [6, 6.07) is 3.67. The molecule has 0 saturated heterocycles. The monoisotopic (exact) mass is 341 g/mol. The molecule has 2 aromatic rings. The summed E-state index contributed by atoms with van der Waals surface area (Å²) < 4.78 is 24.0. The van der Waals surface area contributed by atoms with Crippen molar-refractivity contribution in [1.29, 1.82) is 0 Å². The van der Waals surface area contributed by atoms with Crippen LogP contribution in [0.4, 0.5) is 10.3 Å². The molecule has 1 N–H and O–H groups in total. The van der Waals surface area contributed by atoms with E-state index in [1.165, 1.54) is 0 Å². The maximum absolute atomic E-state index is 12.7. The average Bonchev–Trinajstić information content (AvgIpc) is 2.47. The number of hydrogen-bond donors (Lipinski definition) is 1.